The Morgan fingerprint density at radius 3 is 2.59 bits per heavy atom. The number of hydrogen-bond acceptors (Lipinski definition) is 6. The molecule has 0 saturated carbocycles. The van der Waals surface area contributed by atoms with Crippen LogP contribution in [0.1, 0.15) is 5.56 Å². The van der Waals surface area contributed by atoms with Crippen molar-refractivity contribution in [2.45, 2.75) is 13.0 Å². The van der Waals surface area contributed by atoms with Crippen molar-refractivity contribution in [2.24, 2.45) is 10.7 Å². The first-order chi connectivity index (χ1) is 12.9. The molecule has 0 radical (unpaired) electrons. The van der Waals surface area contributed by atoms with Crippen LogP contribution in [0.15, 0.2) is 41.3 Å². The molecule has 0 fully saturated rings. The van der Waals surface area contributed by atoms with Gasteiger partial charge in [-0.15, -0.1) is 0 Å². The van der Waals surface area contributed by atoms with E-state index in [9.17, 15) is 17.6 Å². The second-order valence-corrected chi connectivity index (χ2v) is 5.56. The van der Waals surface area contributed by atoms with Crippen molar-refractivity contribution < 1.29 is 17.6 Å². The van der Waals surface area contributed by atoms with Crippen LogP contribution < -0.4 is 16.4 Å². The van der Waals surface area contributed by atoms with Crippen LogP contribution in [0.3, 0.4) is 0 Å². The lowest BCUT2D eigenvalue weighted by Crippen LogP contribution is -2.10. The number of hydrogen-bond donors (Lipinski definition) is 3. The highest BCUT2D eigenvalue weighted by Gasteiger charge is 2.08. The molecule has 0 bridgehead atoms. The number of nitrogens with zero attached hydrogens (tertiary/aromatic N) is 3. The molecule has 0 aliphatic heterocycles. The third-order valence-corrected chi connectivity index (χ3v) is 3.31. The number of halogens is 5. The van der Waals surface area contributed by atoms with Crippen LogP contribution in [0.5, 0.6) is 0 Å². The number of rotatable bonds is 8. The van der Waals surface area contributed by atoms with E-state index in [2.05, 4.69) is 25.6 Å². The molecule has 27 heavy (non-hydrogen) atoms. The van der Waals surface area contributed by atoms with E-state index in [1.807, 2.05) is 0 Å². The van der Waals surface area contributed by atoms with Crippen LogP contribution in [0.2, 0.25) is 5.02 Å². The monoisotopic (exact) mass is 402 g/mol. The number of anilines is 2. The zero-order valence-corrected chi connectivity index (χ0v) is 14.5. The standard InChI is InChI=1S/C16H15ClF4N6/c17-13-7-25-16(26-12(4-22)6-23-8-14(20)21)27-15(13)24-5-9-1-10(18)3-11(19)2-9/h1-4,6-7,14H,5,8,22H2,(H2,24,25,26,27)/b12-4+,23-6?. The number of allylic oxidation sites excluding steroid dienone is 1. The highest BCUT2D eigenvalue weighted by molar-refractivity contribution is 6.32. The fourth-order valence-electron chi connectivity index (χ4n) is 1.93. The first kappa shape index (κ1) is 20.4. The average Bonchev–Trinajstić information content (AvgIpc) is 2.60. The molecule has 6 nitrogen and oxygen atoms in total. The smallest absolute Gasteiger partial charge is 0.257 e. The Kier molecular flexibility index (Phi) is 7.35. The average molecular weight is 403 g/mol. The summed E-state index contributed by atoms with van der Waals surface area (Å²) in [5.41, 5.74) is 5.93. The number of nitrogens with two attached hydrogens (primary N) is 1. The fourth-order valence-corrected chi connectivity index (χ4v) is 2.08. The molecular weight excluding hydrogens is 388 g/mol. The minimum Gasteiger partial charge on any atom is -0.403 e. The first-order valence-corrected chi connectivity index (χ1v) is 7.93. The molecule has 144 valence electrons. The Morgan fingerprint density at radius 2 is 1.96 bits per heavy atom. The van der Waals surface area contributed by atoms with E-state index < -0.39 is 24.6 Å². The van der Waals surface area contributed by atoms with Gasteiger partial charge < -0.3 is 16.4 Å². The molecule has 0 aliphatic rings. The molecule has 0 unspecified atom stereocenters. The summed E-state index contributed by atoms with van der Waals surface area (Å²) < 4.78 is 50.7. The van der Waals surface area contributed by atoms with E-state index in [0.29, 0.717) is 5.56 Å². The van der Waals surface area contributed by atoms with Crippen molar-refractivity contribution in [3.8, 4) is 0 Å². The Bertz CT molecular complexity index is 823. The van der Waals surface area contributed by atoms with Crippen LogP contribution in [0, 0.1) is 11.6 Å². The Balaban J connectivity index is 2.07. The number of alkyl halides is 2. The third-order valence-electron chi connectivity index (χ3n) is 3.04. The molecule has 1 aromatic carbocycles. The summed E-state index contributed by atoms with van der Waals surface area (Å²) in [6, 6.07) is 3.09. The van der Waals surface area contributed by atoms with Crippen LogP contribution in [0.4, 0.5) is 29.3 Å². The third kappa shape index (κ3) is 6.74. The van der Waals surface area contributed by atoms with Gasteiger partial charge in [-0.1, -0.05) is 11.6 Å². The van der Waals surface area contributed by atoms with Gasteiger partial charge in [0.1, 0.15) is 16.7 Å². The van der Waals surface area contributed by atoms with Crippen molar-refractivity contribution in [3.63, 3.8) is 0 Å². The topological polar surface area (TPSA) is 88.2 Å². The normalized spacial score (nSPS) is 12.0. The summed E-state index contributed by atoms with van der Waals surface area (Å²) in [5, 5.41) is 5.69. The molecule has 2 aromatic rings. The van der Waals surface area contributed by atoms with Gasteiger partial charge in [-0.3, -0.25) is 4.99 Å². The van der Waals surface area contributed by atoms with Gasteiger partial charge in [0.15, 0.2) is 5.82 Å². The molecule has 0 saturated heterocycles. The van der Waals surface area contributed by atoms with Gasteiger partial charge in [-0.2, -0.15) is 4.98 Å². The van der Waals surface area contributed by atoms with Crippen LogP contribution >= 0.6 is 11.6 Å². The fraction of sp³-hybridized carbons (Fsp3) is 0.188. The molecule has 0 spiro atoms. The second kappa shape index (κ2) is 9.72. The van der Waals surface area contributed by atoms with Crippen molar-refractivity contribution in [3.05, 3.63) is 58.5 Å². The van der Waals surface area contributed by atoms with Crippen molar-refractivity contribution in [1.29, 1.82) is 0 Å². The van der Waals surface area contributed by atoms with Gasteiger partial charge in [0, 0.05) is 25.0 Å². The maximum absolute atomic E-state index is 13.2. The largest absolute Gasteiger partial charge is 0.403 e. The summed E-state index contributed by atoms with van der Waals surface area (Å²) in [6.07, 6.45) is 0.938. The molecule has 0 atom stereocenters. The summed E-state index contributed by atoms with van der Waals surface area (Å²) >= 11 is 6.00. The van der Waals surface area contributed by atoms with Crippen molar-refractivity contribution >= 4 is 29.6 Å². The van der Waals surface area contributed by atoms with Gasteiger partial charge >= 0.3 is 0 Å². The van der Waals surface area contributed by atoms with Gasteiger partial charge in [0.05, 0.1) is 18.4 Å². The van der Waals surface area contributed by atoms with Crippen LogP contribution in [0.25, 0.3) is 0 Å². The van der Waals surface area contributed by atoms with Gasteiger partial charge in [-0.05, 0) is 17.7 Å². The highest BCUT2D eigenvalue weighted by atomic mass is 35.5. The van der Waals surface area contributed by atoms with E-state index in [4.69, 9.17) is 17.3 Å². The van der Waals surface area contributed by atoms with Gasteiger partial charge in [0.2, 0.25) is 5.95 Å². The summed E-state index contributed by atoms with van der Waals surface area (Å²) in [7, 11) is 0. The molecule has 4 N–H and O–H groups in total. The summed E-state index contributed by atoms with van der Waals surface area (Å²) in [5.74, 6) is -1.15. The zero-order valence-electron chi connectivity index (χ0n) is 13.8. The van der Waals surface area contributed by atoms with E-state index in [1.54, 1.807) is 0 Å². The molecule has 11 heteroatoms. The van der Waals surface area contributed by atoms with E-state index in [-0.39, 0.29) is 29.0 Å². The quantitative estimate of drug-likeness (QED) is 0.464. The predicted octanol–water partition coefficient (Wildman–Crippen LogP) is 3.57. The maximum Gasteiger partial charge on any atom is 0.257 e. The Labute approximate surface area is 157 Å². The van der Waals surface area contributed by atoms with Crippen molar-refractivity contribution in [1.82, 2.24) is 9.97 Å². The minimum atomic E-state index is -2.57. The van der Waals surface area contributed by atoms with Crippen LogP contribution in [-0.4, -0.2) is 29.2 Å². The van der Waals surface area contributed by atoms with E-state index in [0.717, 1.165) is 18.5 Å². The number of benzene rings is 1. The molecule has 0 amide bonds. The maximum atomic E-state index is 13.2. The minimum absolute atomic E-state index is 0.0558. The molecule has 2 rings (SSSR count). The number of aromatic nitrogens is 2. The van der Waals surface area contributed by atoms with Crippen LogP contribution in [-0.2, 0) is 6.54 Å². The second-order valence-electron chi connectivity index (χ2n) is 5.15. The highest BCUT2D eigenvalue weighted by Crippen LogP contribution is 2.21. The Hall–Kier alpha value is -2.88. The molecular formula is C16H15ClF4N6. The van der Waals surface area contributed by atoms with E-state index >= 15 is 0 Å². The lowest BCUT2D eigenvalue weighted by molar-refractivity contribution is 0.159. The van der Waals surface area contributed by atoms with Crippen molar-refractivity contribution in [2.75, 3.05) is 17.2 Å². The SMILES string of the molecule is N/C=C(\C=NCC(F)F)Nc1ncc(Cl)c(NCc2cc(F)cc(F)c2)n1. The van der Waals surface area contributed by atoms with E-state index in [1.165, 1.54) is 18.3 Å². The lowest BCUT2D eigenvalue weighted by Gasteiger charge is -2.10. The van der Waals surface area contributed by atoms with Gasteiger partial charge in [-0.25, -0.2) is 22.5 Å². The van der Waals surface area contributed by atoms with Gasteiger partial charge in [0.25, 0.3) is 6.43 Å². The molecule has 0 aliphatic carbocycles. The lowest BCUT2D eigenvalue weighted by atomic mass is 10.2. The molecule has 1 heterocycles. The predicted molar refractivity (Wildman–Crippen MR) is 96.0 cm³/mol. The number of nitrogens with one attached hydrogen (secondary N) is 2. The summed E-state index contributed by atoms with van der Waals surface area (Å²) in [6.45, 7) is -0.613. The summed E-state index contributed by atoms with van der Waals surface area (Å²) in [4.78, 5) is 11.6. The zero-order chi connectivity index (χ0) is 19.8. The number of aliphatic imine (C=N–C) groups is 1. The molecule has 1 aromatic heterocycles. The first-order valence-electron chi connectivity index (χ1n) is 7.55. The Morgan fingerprint density at radius 1 is 1.26 bits per heavy atom.